The minimum absolute atomic E-state index is 0. The molecular weight excluding hydrogens is 614 g/mol. The predicted octanol–water partition coefficient (Wildman–Crippen LogP) is -0.831. The van der Waals surface area contributed by atoms with Gasteiger partial charge in [0.2, 0.25) is 20.8 Å². The SMILES string of the molecule is CC(C)C[C@H](O)C[C@@H](C)[C@H]1CC[C@@]2(C)[C@@H]3CC[C@H]4[C@](C)(COS(=O)(=O)[O-])[C@@H](OS(=O)(=O)[O-])CC[C@@]45C[C@@]35CC[C@]12C.[Na+].[Na+]. The molecule has 0 aromatic carbocycles. The van der Waals surface area contributed by atoms with Crippen LogP contribution in [0.3, 0.4) is 0 Å². The monoisotopic (exact) mass is 664 g/mol. The molecule has 11 atom stereocenters. The first-order chi connectivity index (χ1) is 18.7. The maximum absolute atomic E-state index is 11.7. The van der Waals surface area contributed by atoms with Crippen molar-refractivity contribution in [2.24, 2.45) is 56.7 Å². The average molecular weight is 665 g/mol. The van der Waals surface area contributed by atoms with E-state index in [4.69, 9.17) is 8.37 Å². The summed E-state index contributed by atoms with van der Waals surface area (Å²) in [4.78, 5) is 0. The van der Waals surface area contributed by atoms with Gasteiger partial charge in [-0.1, -0.05) is 41.5 Å². The zero-order valence-electron chi connectivity index (χ0n) is 27.6. The summed E-state index contributed by atoms with van der Waals surface area (Å²) in [6, 6.07) is 0. The van der Waals surface area contributed by atoms with Gasteiger partial charge in [0.15, 0.2) is 0 Å². The Morgan fingerprint density at radius 1 is 0.791 bits per heavy atom. The molecule has 1 N–H and O–H groups in total. The number of rotatable bonds is 10. The first-order valence-corrected chi connectivity index (χ1v) is 18.3. The van der Waals surface area contributed by atoms with Gasteiger partial charge in [-0.2, -0.15) is 0 Å². The molecule has 0 heterocycles. The van der Waals surface area contributed by atoms with Crippen LogP contribution in [0, 0.1) is 56.7 Å². The van der Waals surface area contributed by atoms with E-state index in [-0.39, 0.29) is 92.8 Å². The molecule has 13 heteroatoms. The second-order valence-corrected chi connectivity index (χ2v) is 17.9. The molecule has 238 valence electrons. The Balaban J connectivity index is 0.00000253. The Morgan fingerprint density at radius 2 is 1.40 bits per heavy atom. The summed E-state index contributed by atoms with van der Waals surface area (Å²) in [6.07, 6.45) is 8.57. The van der Waals surface area contributed by atoms with E-state index in [2.05, 4.69) is 34.6 Å². The fourth-order valence-electron chi connectivity index (χ4n) is 12.0. The van der Waals surface area contributed by atoms with Crippen molar-refractivity contribution in [1.82, 2.24) is 0 Å². The first kappa shape index (κ1) is 39.1. The molecule has 0 aromatic rings. The van der Waals surface area contributed by atoms with Crippen molar-refractivity contribution in [2.45, 2.75) is 124 Å². The molecule has 5 saturated carbocycles. The molecule has 2 spiro atoms. The molecule has 0 bridgehead atoms. The van der Waals surface area contributed by atoms with Crippen LogP contribution in [0.2, 0.25) is 0 Å². The topological polar surface area (TPSA) is 153 Å². The summed E-state index contributed by atoms with van der Waals surface area (Å²) >= 11 is 0. The third-order valence-corrected chi connectivity index (χ3v) is 14.6. The molecule has 5 aliphatic rings. The molecule has 0 saturated heterocycles. The van der Waals surface area contributed by atoms with Gasteiger partial charge in [-0.25, -0.2) is 16.8 Å². The summed E-state index contributed by atoms with van der Waals surface area (Å²) in [5.74, 6) is 1.84. The van der Waals surface area contributed by atoms with Gasteiger partial charge >= 0.3 is 59.1 Å². The minimum Gasteiger partial charge on any atom is -0.726 e. The molecule has 43 heavy (non-hydrogen) atoms. The zero-order chi connectivity index (χ0) is 30.4. The summed E-state index contributed by atoms with van der Waals surface area (Å²) in [6.45, 7) is 12.9. The third kappa shape index (κ3) is 6.55. The molecule has 9 nitrogen and oxygen atoms in total. The number of aliphatic hydroxyl groups is 1. The van der Waals surface area contributed by atoms with Crippen molar-refractivity contribution < 1.29 is 98.5 Å². The van der Waals surface area contributed by atoms with Crippen LogP contribution in [0.15, 0.2) is 0 Å². The fraction of sp³-hybridized carbons (Fsp3) is 1.00. The number of hydrogen-bond donors (Lipinski definition) is 1. The van der Waals surface area contributed by atoms with Crippen LogP contribution < -0.4 is 59.1 Å². The van der Waals surface area contributed by atoms with E-state index >= 15 is 0 Å². The van der Waals surface area contributed by atoms with Crippen molar-refractivity contribution in [3.8, 4) is 0 Å². The Morgan fingerprint density at radius 3 is 1.98 bits per heavy atom. The van der Waals surface area contributed by atoms with E-state index in [1.807, 2.05) is 0 Å². The molecule has 5 aliphatic carbocycles. The number of fused-ring (bicyclic) bond motifs is 2. The maximum atomic E-state index is 11.7. The average Bonchev–Trinajstić information content (AvgIpc) is 3.40. The van der Waals surface area contributed by atoms with Crippen molar-refractivity contribution in [1.29, 1.82) is 0 Å². The molecule has 5 fully saturated rings. The second kappa shape index (κ2) is 12.9. The largest absolute Gasteiger partial charge is 1.00 e. The predicted molar refractivity (Wildman–Crippen MR) is 151 cm³/mol. The van der Waals surface area contributed by atoms with Crippen molar-refractivity contribution in [3.63, 3.8) is 0 Å². The van der Waals surface area contributed by atoms with Crippen LogP contribution in [0.25, 0.3) is 0 Å². The Hall–Kier alpha value is 1.70. The molecule has 0 radical (unpaired) electrons. The van der Waals surface area contributed by atoms with Gasteiger partial charge in [0, 0.05) is 5.41 Å². The quantitative estimate of drug-likeness (QED) is 0.179. The van der Waals surface area contributed by atoms with E-state index in [1.165, 1.54) is 0 Å². The molecule has 0 amide bonds. The van der Waals surface area contributed by atoms with Crippen LogP contribution in [0.1, 0.15) is 112 Å². The Bertz CT molecular complexity index is 1250. The van der Waals surface area contributed by atoms with Gasteiger partial charge in [-0.15, -0.1) is 0 Å². The van der Waals surface area contributed by atoms with Crippen molar-refractivity contribution in [2.75, 3.05) is 6.61 Å². The van der Waals surface area contributed by atoms with Crippen LogP contribution in [0.5, 0.6) is 0 Å². The van der Waals surface area contributed by atoms with Gasteiger partial charge in [-0.3, -0.25) is 8.37 Å². The zero-order valence-corrected chi connectivity index (χ0v) is 33.2. The Labute approximate surface area is 304 Å². The summed E-state index contributed by atoms with van der Waals surface area (Å²) < 4.78 is 79.2. The van der Waals surface area contributed by atoms with Crippen molar-refractivity contribution in [3.05, 3.63) is 0 Å². The molecule has 5 rings (SSSR count). The molecular formula is C30H50Na2O9S2. The molecule has 0 aromatic heterocycles. The maximum Gasteiger partial charge on any atom is 1.00 e. The summed E-state index contributed by atoms with van der Waals surface area (Å²) in [7, 11) is -10.0. The summed E-state index contributed by atoms with van der Waals surface area (Å²) in [5, 5.41) is 10.8. The smallest absolute Gasteiger partial charge is 0.726 e. The van der Waals surface area contributed by atoms with Gasteiger partial charge < -0.3 is 14.2 Å². The van der Waals surface area contributed by atoms with Gasteiger partial charge in [0.1, 0.15) is 0 Å². The van der Waals surface area contributed by atoms with E-state index in [0.717, 1.165) is 64.2 Å². The van der Waals surface area contributed by atoms with E-state index < -0.39 is 38.9 Å². The van der Waals surface area contributed by atoms with Gasteiger partial charge in [0.25, 0.3) is 0 Å². The standard InChI is InChI=1S/C30H52O9S2.2Na/c1-19(2)15-21(31)16-20(3)22-9-11-28(6)24-8-7-23-26(4,18-38-40(32,33)34)25(39-41(35,36)37)10-12-29(23)17-30(24,29)14-13-27(22,28)5;;/h19-25,31H,7-18H2,1-6H3,(H,32,33,34)(H,35,36,37);;/q;2*+1/p-2/t20-,21+,22-,23+,24+,25+,26+,27-,28+,29-,30+;;/m1../s1. The molecule has 0 unspecified atom stereocenters. The van der Waals surface area contributed by atoms with Crippen LogP contribution in [-0.2, 0) is 29.2 Å². The third-order valence-electron chi connectivity index (χ3n) is 13.7. The normalized spacial score (nSPS) is 45.0. The van der Waals surface area contributed by atoms with Gasteiger partial charge in [-0.05, 0) is 122 Å². The first-order valence-electron chi connectivity index (χ1n) is 15.7. The van der Waals surface area contributed by atoms with Crippen LogP contribution >= 0.6 is 0 Å². The van der Waals surface area contributed by atoms with Crippen LogP contribution in [0.4, 0.5) is 0 Å². The number of hydrogen-bond acceptors (Lipinski definition) is 9. The second-order valence-electron chi connectivity index (χ2n) is 15.9. The van der Waals surface area contributed by atoms with E-state index in [9.17, 15) is 31.0 Å². The summed E-state index contributed by atoms with van der Waals surface area (Å²) in [5.41, 5.74) is -0.815. The number of aliphatic hydroxyl groups excluding tert-OH is 1. The van der Waals surface area contributed by atoms with Crippen LogP contribution in [-0.4, -0.2) is 49.9 Å². The van der Waals surface area contributed by atoms with Crippen molar-refractivity contribution >= 4 is 20.8 Å². The minimum atomic E-state index is -5.03. The Kier molecular flexibility index (Phi) is 11.7. The molecule has 0 aliphatic heterocycles. The van der Waals surface area contributed by atoms with Gasteiger partial charge in [0.05, 0.1) is 18.8 Å². The van der Waals surface area contributed by atoms with E-state index in [0.29, 0.717) is 30.1 Å². The fourth-order valence-corrected chi connectivity index (χ4v) is 13.0. The van der Waals surface area contributed by atoms with E-state index in [1.54, 1.807) is 6.92 Å².